The predicted molar refractivity (Wildman–Crippen MR) is 54.8 cm³/mol. The third kappa shape index (κ3) is 4.95. The van der Waals surface area contributed by atoms with Crippen LogP contribution in [0.4, 0.5) is 0 Å². The van der Waals surface area contributed by atoms with Crippen LogP contribution in [0.3, 0.4) is 0 Å². The van der Waals surface area contributed by atoms with Gasteiger partial charge in [-0.05, 0) is 38.5 Å². The van der Waals surface area contributed by atoms with Crippen molar-refractivity contribution < 1.29 is 0 Å². The van der Waals surface area contributed by atoms with Gasteiger partial charge in [0.2, 0.25) is 0 Å². The average molecular weight is 161 g/mol. The van der Waals surface area contributed by atoms with Crippen molar-refractivity contribution in [3.63, 3.8) is 0 Å². The quantitative estimate of drug-likeness (QED) is 0.506. The van der Waals surface area contributed by atoms with Crippen LogP contribution in [0.25, 0.3) is 0 Å². The van der Waals surface area contributed by atoms with Crippen molar-refractivity contribution in [1.82, 2.24) is 0 Å². The summed E-state index contributed by atoms with van der Waals surface area (Å²) in [5, 5.41) is 0. The molecule has 0 saturated heterocycles. The molecule has 0 heteroatoms. The molecule has 65 valence electrons. The fourth-order valence-electron chi connectivity index (χ4n) is 1.22. The minimum Gasteiger partial charge on any atom is -0.0845 e. The van der Waals surface area contributed by atoms with Crippen LogP contribution < -0.4 is 0 Å². The van der Waals surface area contributed by atoms with Crippen molar-refractivity contribution in [1.29, 1.82) is 0 Å². The maximum Gasteiger partial charge on any atom is -0.0345 e. The summed E-state index contributed by atoms with van der Waals surface area (Å²) >= 11 is 0. The summed E-state index contributed by atoms with van der Waals surface area (Å²) in [5.74, 6) is 0. The molecule has 0 fully saturated rings. The van der Waals surface area contributed by atoms with E-state index in [0.29, 0.717) is 0 Å². The molecule has 0 amide bonds. The molecule has 0 spiro atoms. The number of hydrogen-bond donors (Lipinski definition) is 0. The molecule has 1 aliphatic rings. The lowest BCUT2D eigenvalue weighted by atomic mass is 10.1. The molecule has 0 aromatic carbocycles. The smallest absolute Gasteiger partial charge is 0.0345 e. The molecule has 1 rings (SSSR count). The van der Waals surface area contributed by atoms with Crippen LogP contribution in [0.5, 0.6) is 0 Å². The zero-order valence-electron chi connectivity index (χ0n) is 7.58. The van der Waals surface area contributed by atoms with Gasteiger partial charge >= 0.3 is 0 Å². The lowest BCUT2D eigenvalue weighted by Gasteiger charge is -1.96. The van der Waals surface area contributed by atoms with Crippen molar-refractivity contribution in [2.24, 2.45) is 0 Å². The molecule has 1 aliphatic carbocycles. The van der Waals surface area contributed by atoms with E-state index >= 15 is 0 Å². The fourth-order valence-corrected chi connectivity index (χ4v) is 1.22. The Bertz CT molecular complexity index is 152. The van der Waals surface area contributed by atoms with Crippen molar-refractivity contribution in [2.45, 2.75) is 32.1 Å². The fraction of sp³-hybridized carbons (Fsp3) is 0.417. The minimum absolute atomic E-state index is 1.19. The van der Waals surface area contributed by atoms with Crippen molar-refractivity contribution in [2.75, 3.05) is 0 Å². The molecule has 0 N–H and O–H groups in total. The van der Waals surface area contributed by atoms with Crippen LogP contribution in [0.2, 0.25) is 0 Å². The Balaban J connectivity index is 2.32. The van der Waals surface area contributed by atoms with Gasteiger partial charge in [-0.3, -0.25) is 0 Å². The number of allylic oxidation sites excluding steroid dienone is 6. The molecule has 0 aromatic heterocycles. The minimum atomic E-state index is 1.19. The van der Waals surface area contributed by atoms with Crippen LogP contribution in [-0.2, 0) is 0 Å². The number of rotatable bonds is 0. The maximum atomic E-state index is 2.39. The third-order valence-electron chi connectivity index (χ3n) is 1.92. The van der Waals surface area contributed by atoms with E-state index in [2.05, 4.69) is 42.9 Å². The van der Waals surface area contributed by atoms with Crippen LogP contribution >= 0.6 is 0 Å². The average Bonchev–Trinajstić information content (AvgIpc) is 2.05. The molecule has 0 aromatic rings. The summed E-state index contributed by atoms with van der Waals surface area (Å²) in [6.45, 7) is 0. The van der Waals surface area contributed by atoms with Gasteiger partial charge in [0.15, 0.2) is 0 Å². The van der Waals surface area contributed by atoms with E-state index < -0.39 is 0 Å². The monoisotopic (exact) mass is 161 g/mol. The van der Waals surface area contributed by atoms with Gasteiger partial charge in [0.25, 0.3) is 0 Å². The molecule has 0 nitrogen and oxygen atoms in total. The van der Waals surface area contributed by atoms with E-state index in [4.69, 9.17) is 0 Å². The Kier molecular flexibility index (Phi) is 5.35. The topological polar surface area (TPSA) is 0 Å². The van der Waals surface area contributed by atoms with Crippen LogP contribution in [-0.4, -0.2) is 0 Å². The van der Waals surface area contributed by atoms with E-state index in [-0.39, 0.29) is 0 Å². The van der Waals surface area contributed by atoms with Crippen LogP contribution in [0, 0.1) is 6.42 Å². The first-order chi connectivity index (χ1) is 6.00. The molecule has 0 aliphatic heterocycles. The van der Waals surface area contributed by atoms with Crippen LogP contribution in [0.1, 0.15) is 32.1 Å². The zero-order chi connectivity index (χ0) is 8.49. The second-order valence-electron chi connectivity index (χ2n) is 3.04. The highest BCUT2D eigenvalue weighted by molar-refractivity contribution is 5.11. The highest BCUT2D eigenvalue weighted by Gasteiger charge is 1.87. The molecule has 0 atom stereocenters. The first-order valence-corrected chi connectivity index (χ1v) is 4.80. The molecule has 0 heterocycles. The third-order valence-corrected chi connectivity index (χ3v) is 1.92. The van der Waals surface area contributed by atoms with Crippen molar-refractivity contribution >= 4 is 0 Å². The Morgan fingerprint density at radius 3 is 2.17 bits per heavy atom. The van der Waals surface area contributed by atoms with Gasteiger partial charge in [-0.25, -0.2) is 0 Å². The number of hydrogen-bond acceptors (Lipinski definition) is 0. The van der Waals surface area contributed by atoms with E-state index in [1.807, 2.05) is 0 Å². The lowest BCUT2D eigenvalue weighted by Crippen LogP contribution is -1.78. The normalized spacial score (nSPS) is 28.0. The summed E-state index contributed by atoms with van der Waals surface area (Å²) in [5.41, 5.74) is 0. The summed E-state index contributed by atoms with van der Waals surface area (Å²) in [6.07, 6.45) is 21.5. The van der Waals surface area contributed by atoms with E-state index in [1.54, 1.807) is 0 Å². The Hall–Kier alpha value is -0.780. The first kappa shape index (κ1) is 9.31. The van der Waals surface area contributed by atoms with Gasteiger partial charge in [0.1, 0.15) is 0 Å². The Morgan fingerprint density at radius 2 is 1.33 bits per heavy atom. The van der Waals surface area contributed by atoms with Gasteiger partial charge in [-0.2, -0.15) is 0 Å². The van der Waals surface area contributed by atoms with Gasteiger partial charge in [0.05, 0.1) is 0 Å². The summed E-state index contributed by atoms with van der Waals surface area (Å²) in [7, 11) is 0. The summed E-state index contributed by atoms with van der Waals surface area (Å²) in [6, 6.07) is 0. The van der Waals surface area contributed by atoms with Gasteiger partial charge in [-0.1, -0.05) is 36.5 Å². The van der Waals surface area contributed by atoms with Gasteiger partial charge in [-0.15, -0.1) is 0 Å². The van der Waals surface area contributed by atoms with Crippen LogP contribution in [0.15, 0.2) is 36.5 Å². The molecule has 0 bridgehead atoms. The molecular formula is C12H17. The van der Waals surface area contributed by atoms with E-state index in [0.717, 1.165) is 0 Å². The van der Waals surface area contributed by atoms with Crippen molar-refractivity contribution in [3.8, 4) is 0 Å². The molecule has 12 heavy (non-hydrogen) atoms. The van der Waals surface area contributed by atoms with Crippen molar-refractivity contribution in [3.05, 3.63) is 42.9 Å². The van der Waals surface area contributed by atoms with Gasteiger partial charge < -0.3 is 0 Å². The zero-order valence-corrected chi connectivity index (χ0v) is 7.58. The highest BCUT2D eigenvalue weighted by atomic mass is 13.9. The molecule has 1 radical (unpaired) electrons. The summed E-state index contributed by atoms with van der Waals surface area (Å²) < 4.78 is 0. The Labute approximate surface area is 75.7 Å². The lowest BCUT2D eigenvalue weighted by molar-refractivity contribution is 0.779. The Morgan fingerprint density at radius 1 is 0.583 bits per heavy atom. The standard InChI is InChI=1S/C12H17/c1-2-4-6-8-10-12-11-9-7-5-3-1/h1-6,11H,7-10,12H2/b2-1+,5-3-,6-4-. The second kappa shape index (κ2) is 6.90. The highest BCUT2D eigenvalue weighted by Crippen LogP contribution is 2.06. The molecule has 0 saturated carbocycles. The first-order valence-electron chi connectivity index (χ1n) is 4.80. The molecule has 0 unspecified atom stereocenters. The largest absolute Gasteiger partial charge is 0.0845 e. The predicted octanol–water partition coefficient (Wildman–Crippen LogP) is 3.82. The van der Waals surface area contributed by atoms with E-state index in [9.17, 15) is 0 Å². The SMILES string of the molecule is [CH]1CC\C=C/C=C/C=C\CCC1. The molecular weight excluding hydrogens is 144 g/mol. The van der Waals surface area contributed by atoms with E-state index in [1.165, 1.54) is 32.1 Å². The second-order valence-corrected chi connectivity index (χ2v) is 3.04. The summed E-state index contributed by atoms with van der Waals surface area (Å²) in [4.78, 5) is 0. The maximum absolute atomic E-state index is 2.39. The van der Waals surface area contributed by atoms with Gasteiger partial charge in [0, 0.05) is 0 Å².